The highest BCUT2D eigenvalue weighted by atomic mass is 16.5. The molecule has 0 aromatic carbocycles. The maximum Gasteiger partial charge on any atom is 0.270 e. The van der Waals surface area contributed by atoms with Crippen LogP contribution in [0.25, 0.3) is 0 Å². The van der Waals surface area contributed by atoms with Crippen molar-refractivity contribution in [2.24, 2.45) is 5.73 Å². The Balaban J connectivity index is 2.10. The maximum absolute atomic E-state index is 5.28. The Morgan fingerprint density at radius 3 is 3.08 bits per heavy atom. The molecule has 0 atom stereocenters. The summed E-state index contributed by atoms with van der Waals surface area (Å²) in [5.74, 6) is 1.11. The van der Waals surface area contributed by atoms with Crippen molar-refractivity contribution < 1.29 is 8.94 Å². The molecule has 0 saturated heterocycles. The normalized spacial score (nSPS) is 10.2. The third-order valence-electron chi connectivity index (χ3n) is 1.31. The Hall–Kier alpha value is -1.89. The Labute approximate surface area is 72.9 Å². The van der Waals surface area contributed by atoms with Crippen LogP contribution < -0.4 is 11.1 Å². The molecule has 0 saturated carbocycles. The molecule has 0 aliphatic heterocycles. The molecule has 68 valence electrons. The van der Waals surface area contributed by atoms with Gasteiger partial charge >= 0.3 is 0 Å². The van der Waals surface area contributed by atoms with Crippen LogP contribution in [0.2, 0.25) is 0 Å². The van der Waals surface area contributed by atoms with Crippen molar-refractivity contribution in [1.82, 2.24) is 15.1 Å². The largest absolute Gasteiger partial charge is 0.428 e. The average molecular weight is 181 g/mol. The zero-order chi connectivity index (χ0) is 9.10. The Morgan fingerprint density at radius 2 is 2.46 bits per heavy atom. The summed E-state index contributed by atoms with van der Waals surface area (Å²) in [7, 11) is 0. The topological polar surface area (TPSA) is 103 Å². The second kappa shape index (κ2) is 3.23. The van der Waals surface area contributed by atoms with E-state index in [1.165, 1.54) is 12.6 Å². The lowest BCUT2D eigenvalue weighted by molar-refractivity contribution is 0.381. The first-order chi connectivity index (χ1) is 6.38. The van der Waals surface area contributed by atoms with Crippen LogP contribution >= 0.6 is 0 Å². The van der Waals surface area contributed by atoms with Gasteiger partial charge in [-0.05, 0) is 5.16 Å². The summed E-state index contributed by atoms with van der Waals surface area (Å²) in [6, 6.07) is 0. The summed E-state index contributed by atoms with van der Waals surface area (Å²) in [6.07, 6.45) is 2.80. The SMILES string of the molecule is NCc1nc(Nc2cnco2)no1. The van der Waals surface area contributed by atoms with Crippen molar-refractivity contribution in [3.63, 3.8) is 0 Å². The highest BCUT2D eigenvalue weighted by Gasteiger charge is 2.05. The van der Waals surface area contributed by atoms with Crippen LogP contribution in [0.15, 0.2) is 21.5 Å². The van der Waals surface area contributed by atoms with Gasteiger partial charge in [-0.2, -0.15) is 4.98 Å². The number of nitrogens with zero attached hydrogens (tertiary/aromatic N) is 3. The number of rotatable bonds is 3. The average Bonchev–Trinajstić information content (AvgIpc) is 2.76. The lowest BCUT2D eigenvalue weighted by Gasteiger charge is -1.90. The van der Waals surface area contributed by atoms with Crippen LogP contribution in [0.4, 0.5) is 11.8 Å². The van der Waals surface area contributed by atoms with Gasteiger partial charge in [0.1, 0.15) is 0 Å². The van der Waals surface area contributed by atoms with E-state index in [4.69, 9.17) is 14.7 Å². The number of hydrogen-bond donors (Lipinski definition) is 2. The van der Waals surface area contributed by atoms with Crippen molar-refractivity contribution in [3.8, 4) is 0 Å². The highest BCUT2D eigenvalue weighted by Crippen LogP contribution is 2.11. The zero-order valence-electron chi connectivity index (χ0n) is 6.60. The number of hydrogen-bond acceptors (Lipinski definition) is 7. The van der Waals surface area contributed by atoms with Gasteiger partial charge in [-0.25, -0.2) is 4.98 Å². The second-order valence-corrected chi connectivity index (χ2v) is 2.21. The van der Waals surface area contributed by atoms with Crippen molar-refractivity contribution >= 4 is 11.8 Å². The van der Waals surface area contributed by atoms with Crippen LogP contribution in [0.5, 0.6) is 0 Å². The number of nitrogens with one attached hydrogen (secondary N) is 1. The van der Waals surface area contributed by atoms with Gasteiger partial charge in [-0.15, -0.1) is 0 Å². The van der Waals surface area contributed by atoms with E-state index in [1.54, 1.807) is 0 Å². The van der Waals surface area contributed by atoms with Crippen LogP contribution in [-0.4, -0.2) is 15.1 Å². The van der Waals surface area contributed by atoms with Crippen LogP contribution in [0.3, 0.4) is 0 Å². The fourth-order valence-electron chi connectivity index (χ4n) is 0.776. The van der Waals surface area contributed by atoms with E-state index in [1.807, 2.05) is 0 Å². The standard InChI is InChI=1S/C6H7N5O2/c7-1-4-9-6(11-13-4)10-5-2-8-3-12-5/h2-3H,1,7H2,(H,10,11). The van der Waals surface area contributed by atoms with Gasteiger partial charge in [0, 0.05) is 0 Å². The van der Waals surface area contributed by atoms with E-state index in [2.05, 4.69) is 20.4 Å². The number of nitrogens with two attached hydrogens (primary N) is 1. The minimum Gasteiger partial charge on any atom is -0.428 e. The van der Waals surface area contributed by atoms with Crippen LogP contribution in [0, 0.1) is 0 Å². The fourth-order valence-corrected chi connectivity index (χ4v) is 0.776. The maximum atomic E-state index is 5.28. The lowest BCUT2D eigenvalue weighted by atomic mass is 10.7. The molecule has 0 radical (unpaired) electrons. The Kier molecular flexibility index (Phi) is 1.93. The van der Waals surface area contributed by atoms with E-state index in [0.29, 0.717) is 17.7 Å². The van der Waals surface area contributed by atoms with Gasteiger partial charge in [-0.3, -0.25) is 5.32 Å². The molecule has 7 nitrogen and oxygen atoms in total. The molecule has 0 aliphatic rings. The first-order valence-electron chi connectivity index (χ1n) is 3.56. The summed E-state index contributed by atoms with van der Waals surface area (Å²) in [5.41, 5.74) is 5.28. The van der Waals surface area contributed by atoms with Crippen molar-refractivity contribution in [2.45, 2.75) is 6.54 Å². The summed E-state index contributed by atoms with van der Waals surface area (Å²) >= 11 is 0. The molecule has 0 spiro atoms. The van der Waals surface area contributed by atoms with Gasteiger partial charge in [-0.1, -0.05) is 0 Å². The Morgan fingerprint density at radius 1 is 1.54 bits per heavy atom. The molecule has 0 bridgehead atoms. The van der Waals surface area contributed by atoms with Gasteiger partial charge in [0.2, 0.25) is 11.8 Å². The molecular weight excluding hydrogens is 174 g/mol. The molecule has 2 rings (SSSR count). The predicted molar refractivity (Wildman–Crippen MR) is 42.0 cm³/mol. The van der Waals surface area contributed by atoms with Gasteiger partial charge in [0.05, 0.1) is 12.7 Å². The summed E-state index contributed by atoms with van der Waals surface area (Å²) in [4.78, 5) is 7.61. The smallest absolute Gasteiger partial charge is 0.270 e. The van der Waals surface area contributed by atoms with E-state index in [0.717, 1.165) is 0 Å². The van der Waals surface area contributed by atoms with Crippen LogP contribution in [0.1, 0.15) is 5.89 Å². The van der Waals surface area contributed by atoms with E-state index >= 15 is 0 Å². The summed E-state index contributed by atoms with van der Waals surface area (Å²) in [6.45, 7) is 0.213. The quantitative estimate of drug-likeness (QED) is 0.699. The number of anilines is 2. The first-order valence-corrected chi connectivity index (χ1v) is 3.56. The lowest BCUT2D eigenvalue weighted by Crippen LogP contribution is -1.96. The third-order valence-corrected chi connectivity index (χ3v) is 1.31. The molecule has 7 heteroatoms. The molecule has 0 fully saturated rings. The molecular formula is C6H7N5O2. The Bertz CT molecular complexity index is 368. The second-order valence-electron chi connectivity index (χ2n) is 2.21. The summed E-state index contributed by atoms with van der Waals surface area (Å²) < 4.78 is 9.66. The monoisotopic (exact) mass is 181 g/mol. The predicted octanol–water partition coefficient (Wildman–Crippen LogP) is 0.260. The highest BCUT2D eigenvalue weighted by molar-refractivity contribution is 5.42. The van der Waals surface area contributed by atoms with Crippen LogP contribution in [-0.2, 0) is 6.54 Å². The number of oxazole rings is 1. The fraction of sp³-hybridized carbons (Fsp3) is 0.167. The molecule has 2 aromatic rings. The van der Waals surface area contributed by atoms with E-state index < -0.39 is 0 Å². The van der Waals surface area contributed by atoms with Gasteiger partial charge < -0.3 is 14.7 Å². The minimum absolute atomic E-state index is 0.213. The van der Waals surface area contributed by atoms with Gasteiger partial charge in [0.15, 0.2) is 6.39 Å². The molecule has 0 amide bonds. The zero-order valence-corrected chi connectivity index (χ0v) is 6.60. The van der Waals surface area contributed by atoms with Crippen molar-refractivity contribution in [1.29, 1.82) is 0 Å². The summed E-state index contributed by atoms with van der Waals surface area (Å²) in [5, 5.41) is 6.33. The molecule has 0 unspecified atom stereocenters. The minimum atomic E-state index is 0.213. The third kappa shape index (κ3) is 1.64. The number of aromatic nitrogens is 3. The van der Waals surface area contributed by atoms with E-state index in [9.17, 15) is 0 Å². The molecule has 2 heterocycles. The molecule has 3 N–H and O–H groups in total. The van der Waals surface area contributed by atoms with E-state index in [-0.39, 0.29) is 6.54 Å². The van der Waals surface area contributed by atoms with Crippen molar-refractivity contribution in [2.75, 3.05) is 5.32 Å². The molecule has 0 aliphatic carbocycles. The molecule has 13 heavy (non-hydrogen) atoms. The van der Waals surface area contributed by atoms with Crippen molar-refractivity contribution in [3.05, 3.63) is 18.5 Å². The first kappa shape index (κ1) is 7.74. The molecule has 2 aromatic heterocycles. The van der Waals surface area contributed by atoms with Gasteiger partial charge in [0.25, 0.3) is 5.95 Å².